The van der Waals surface area contributed by atoms with E-state index in [9.17, 15) is 13.6 Å². The van der Waals surface area contributed by atoms with E-state index in [0.717, 1.165) is 0 Å². The molecule has 150 valence electrons. The van der Waals surface area contributed by atoms with Crippen LogP contribution in [0, 0.1) is 18.6 Å². The van der Waals surface area contributed by atoms with Gasteiger partial charge in [0.2, 0.25) is 0 Å². The number of hydrogen-bond donors (Lipinski definition) is 3. The van der Waals surface area contributed by atoms with E-state index in [1.807, 2.05) is 13.8 Å². The van der Waals surface area contributed by atoms with Gasteiger partial charge in [-0.3, -0.25) is 9.63 Å². The van der Waals surface area contributed by atoms with Crippen LogP contribution in [0.25, 0.3) is 10.2 Å². The second-order valence-electron chi connectivity index (χ2n) is 5.42. The molecular weight excluding hydrogens is 388 g/mol. The van der Waals surface area contributed by atoms with Gasteiger partial charge in [-0.15, -0.1) is 11.3 Å². The number of rotatable bonds is 6. The van der Waals surface area contributed by atoms with Crippen LogP contribution in [0.1, 0.15) is 29.8 Å². The first-order chi connectivity index (χ1) is 13.5. The van der Waals surface area contributed by atoms with E-state index in [1.165, 1.54) is 35.0 Å². The van der Waals surface area contributed by atoms with Crippen molar-refractivity contribution in [1.82, 2.24) is 10.5 Å². The van der Waals surface area contributed by atoms with Gasteiger partial charge in [0.15, 0.2) is 5.82 Å². The Kier molecular flexibility index (Phi) is 7.80. The Morgan fingerprint density at radius 2 is 2.04 bits per heavy atom. The third kappa shape index (κ3) is 4.80. The number of amides is 1. The van der Waals surface area contributed by atoms with Crippen molar-refractivity contribution in [2.45, 2.75) is 20.8 Å². The number of aryl methyl sites for hydroxylation is 1. The zero-order valence-corrected chi connectivity index (χ0v) is 16.5. The van der Waals surface area contributed by atoms with Gasteiger partial charge in [-0.2, -0.15) is 0 Å². The molecule has 0 unspecified atom stereocenters. The average Bonchev–Trinajstić information content (AvgIpc) is 3.16. The maximum Gasteiger partial charge on any atom is 0.277 e. The molecule has 0 bridgehead atoms. The van der Waals surface area contributed by atoms with E-state index in [0.29, 0.717) is 10.3 Å². The number of anilines is 2. The molecule has 6 nitrogen and oxygen atoms in total. The molecule has 1 heterocycles. The quantitative estimate of drug-likeness (QED) is 0.417. The lowest BCUT2D eigenvalue weighted by molar-refractivity contribution is 0.0169. The van der Waals surface area contributed by atoms with E-state index in [-0.39, 0.29) is 35.7 Å². The van der Waals surface area contributed by atoms with Crippen LogP contribution < -0.4 is 10.8 Å². The molecule has 2 aromatic carbocycles. The van der Waals surface area contributed by atoms with E-state index in [2.05, 4.69) is 15.8 Å². The van der Waals surface area contributed by atoms with Crippen LogP contribution in [0.15, 0.2) is 29.8 Å². The number of carbonyl (C=O) groups excluding carboxylic acids is 1. The molecule has 0 radical (unpaired) electrons. The highest BCUT2D eigenvalue weighted by atomic mass is 32.1. The Labute approximate surface area is 165 Å². The molecule has 0 saturated heterocycles. The fraction of sp³-hybridized carbons (Fsp3) is 0.263. The van der Waals surface area contributed by atoms with Crippen molar-refractivity contribution in [2.24, 2.45) is 0 Å². The number of fused-ring (bicyclic) bond motifs is 1. The fourth-order valence-corrected chi connectivity index (χ4v) is 3.05. The number of halogens is 2. The molecule has 0 atom stereocenters. The predicted octanol–water partition coefficient (Wildman–Crippen LogP) is 4.31. The number of hydrogen-bond acceptors (Lipinski definition) is 6. The number of aromatic nitrogens is 1. The van der Waals surface area contributed by atoms with Crippen molar-refractivity contribution in [1.29, 1.82) is 0 Å². The molecule has 3 N–H and O–H groups in total. The van der Waals surface area contributed by atoms with Crippen molar-refractivity contribution < 1.29 is 23.5 Å². The smallest absolute Gasteiger partial charge is 0.277 e. The van der Waals surface area contributed by atoms with Crippen LogP contribution in [0.2, 0.25) is 0 Å². The van der Waals surface area contributed by atoms with Gasteiger partial charge < -0.3 is 10.4 Å². The molecule has 0 aliphatic rings. The summed E-state index contributed by atoms with van der Waals surface area (Å²) in [6, 6.07) is 5.86. The van der Waals surface area contributed by atoms with E-state index >= 15 is 0 Å². The van der Waals surface area contributed by atoms with E-state index < -0.39 is 17.5 Å². The SMILES string of the molecule is CC.Cc1ccc(Nc2c(C(=O)NOCCO)cc3scnc3c2F)c(F)c1. The first kappa shape index (κ1) is 21.7. The molecule has 0 aliphatic carbocycles. The van der Waals surface area contributed by atoms with Gasteiger partial charge in [-0.1, -0.05) is 19.9 Å². The van der Waals surface area contributed by atoms with Gasteiger partial charge in [0, 0.05) is 0 Å². The van der Waals surface area contributed by atoms with E-state index in [4.69, 9.17) is 9.94 Å². The summed E-state index contributed by atoms with van der Waals surface area (Å²) in [7, 11) is 0. The normalized spacial score (nSPS) is 10.4. The summed E-state index contributed by atoms with van der Waals surface area (Å²) in [5.74, 6) is -2.08. The summed E-state index contributed by atoms with van der Waals surface area (Å²) in [6.45, 7) is 5.32. The van der Waals surface area contributed by atoms with Crippen molar-refractivity contribution in [2.75, 3.05) is 18.5 Å². The van der Waals surface area contributed by atoms with Gasteiger partial charge in [-0.25, -0.2) is 19.2 Å². The number of thiazole rings is 1. The predicted molar refractivity (Wildman–Crippen MR) is 106 cm³/mol. The highest BCUT2D eigenvalue weighted by Crippen LogP contribution is 2.33. The molecule has 3 rings (SSSR count). The minimum absolute atomic E-state index is 0.0226. The monoisotopic (exact) mass is 409 g/mol. The molecule has 0 spiro atoms. The lowest BCUT2D eigenvalue weighted by Crippen LogP contribution is -2.26. The first-order valence-corrected chi connectivity index (χ1v) is 9.51. The van der Waals surface area contributed by atoms with Gasteiger partial charge in [0.25, 0.3) is 5.91 Å². The second kappa shape index (κ2) is 10.1. The van der Waals surface area contributed by atoms with E-state index in [1.54, 1.807) is 13.0 Å². The van der Waals surface area contributed by atoms with Gasteiger partial charge >= 0.3 is 0 Å². The van der Waals surface area contributed by atoms with Gasteiger partial charge in [-0.05, 0) is 30.7 Å². The van der Waals surface area contributed by atoms with Crippen molar-refractivity contribution in [3.63, 3.8) is 0 Å². The Hall–Kier alpha value is -2.62. The highest BCUT2D eigenvalue weighted by Gasteiger charge is 2.21. The van der Waals surface area contributed by atoms with Crippen LogP contribution in [0.5, 0.6) is 0 Å². The Morgan fingerprint density at radius 1 is 1.29 bits per heavy atom. The molecule has 1 amide bonds. The molecule has 0 fully saturated rings. The molecule has 28 heavy (non-hydrogen) atoms. The summed E-state index contributed by atoms with van der Waals surface area (Å²) >= 11 is 1.17. The number of nitrogens with zero attached hydrogens (tertiary/aromatic N) is 1. The van der Waals surface area contributed by atoms with Crippen LogP contribution in [0.3, 0.4) is 0 Å². The number of benzene rings is 2. The van der Waals surface area contributed by atoms with Gasteiger partial charge in [0.1, 0.15) is 11.3 Å². The van der Waals surface area contributed by atoms with Gasteiger partial charge in [0.05, 0.1) is 40.4 Å². The van der Waals surface area contributed by atoms with Crippen molar-refractivity contribution in [3.8, 4) is 0 Å². The highest BCUT2D eigenvalue weighted by molar-refractivity contribution is 7.16. The molecular formula is C19H21F2N3O3S. The number of aliphatic hydroxyl groups is 1. The second-order valence-corrected chi connectivity index (χ2v) is 6.31. The average molecular weight is 409 g/mol. The fourth-order valence-electron chi connectivity index (χ4n) is 2.34. The molecule has 0 aliphatic heterocycles. The Morgan fingerprint density at radius 3 is 2.71 bits per heavy atom. The lowest BCUT2D eigenvalue weighted by Gasteiger charge is -2.14. The molecule has 9 heteroatoms. The number of hydroxylamine groups is 1. The van der Waals surface area contributed by atoms with Crippen LogP contribution in [-0.4, -0.2) is 29.2 Å². The summed E-state index contributed by atoms with van der Waals surface area (Å²) in [6.07, 6.45) is 0. The minimum atomic E-state index is -0.768. The van der Waals surface area contributed by atoms with Crippen LogP contribution in [-0.2, 0) is 4.84 Å². The summed E-state index contributed by atoms with van der Waals surface area (Å²) < 4.78 is 29.5. The largest absolute Gasteiger partial charge is 0.394 e. The van der Waals surface area contributed by atoms with Crippen LogP contribution in [0.4, 0.5) is 20.2 Å². The standard InChI is InChI=1S/C17H15F2N3O3S.C2H6/c1-9-2-3-12(11(18)6-9)21-15-10(17(24)22-25-5-4-23)7-13-16(14(15)19)20-8-26-13;1-2/h2-3,6-8,21,23H,4-5H2,1H3,(H,22,24);1-2H3. The summed E-state index contributed by atoms with van der Waals surface area (Å²) in [5.41, 5.74) is 4.10. The Bertz CT molecular complexity index is 963. The Balaban J connectivity index is 0.00000136. The zero-order chi connectivity index (χ0) is 20.7. The molecule has 3 aromatic rings. The zero-order valence-electron chi connectivity index (χ0n) is 15.7. The topological polar surface area (TPSA) is 83.5 Å². The maximum absolute atomic E-state index is 14.9. The summed E-state index contributed by atoms with van der Waals surface area (Å²) in [5, 5.41) is 11.4. The lowest BCUT2D eigenvalue weighted by atomic mass is 10.1. The maximum atomic E-state index is 14.9. The third-order valence-electron chi connectivity index (χ3n) is 3.55. The number of aliphatic hydroxyl groups excluding tert-OH is 1. The summed E-state index contributed by atoms with van der Waals surface area (Å²) in [4.78, 5) is 21.1. The van der Waals surface area contributed by atoms with Crippen molar-refractivity contribution >= 4 is 38.8 Å². The number of nitrogens with one attached hydrogen (secondary N) is 2. The van der Waals surface area contributed by atoms with Crippen molar-refractivity contribution in [3.05, 3.63) is 52.5 Å². The third-order valence-corrected chi connectivity index (χ3v) is 4.33. The minimum Gasteiger partial charge on any atom is -0.394 e. The molecule has 1 aromatic heterocycles. The number of carbonyl (C=O) groups is 1. The molecule has 0 saturated carbocycles. The first-order valence-electron chi connectivity index (χ1n) is 8.63. The van der Waals surface area contributed by atoms with Crippen LogP contribution >= 0.6 is 11.3 Å².